The first-order valence-corrected chi connectivity index (χ1v) is 8.59. The third kappa shape index (κ3) is 4.15. The number of aldehydes is 1. The Hall–Kier alpha value is -3.60. The van der Waals surface area contributed by atoms with Crippen molar-refractivity contribution in [2.24, 2.45) is 5.16 Å². The lowest BCUT2D eigenvalue weighted by Gasteiger charge is -2.10. The van der Waals surface area contributed by atoms with E-state index >= 15 is 0 Å². The minimum absolute atomic E-state index is 0.208. The second-order valence-corrected chi connectivity index (χ2v) is 6.06. The molecule has 0 aromatic heterocycles. The maximum Gasteiger partial charge on any atom is 0.235 e. The SMILES string of the molecule is O=Cc1cccc(OC2=NO[C@@H](c3ccc(Oc4ccccc4)cc3)C2)c1. The number of oxime groups is 1. The predicted octanol–water partition coefficient (Wildman–Crippen LogP) is 5.15. The molecule has 0 N–H and O–H groups in total. The molecule has 5 nitrogen and oxygen atoms in total. The van der Waals surface area contributed by atoms with E-state index in [9.17, 15) is 4.79 Å². The Labute approximate surface area is 156 Å². The van der Waals surface area contributed by atoms with Crippen LogP contribution in [0.25, 0.3) is 0 Å². The van der Waals surface area contributed by atoms with Gasteiger partial charge in [-0.1, -0.05) is 47.6 Å². The second kappa shape index (κ2) is 7.74. The van der Waals surface area contributed by atoms with E-state index in [1.807, 2.05) is 54.6 Å². The lowest BCUT2D eigenvalue weighted by molar-refractivity contribution is 0.0855. The fourth-order valence-corrected chi connectivity index (χ4v) is 2.76. The zero-order valence-electron chi connectivity index (χ0n) is 14.4. The van der Waals surface area contributed by atoms with Crippen LogP contribution in [-0.4, -0.2) is 12.2 Å². The van der Waals surface area contributed by atoms with Gasteiger partial charge in [0.25, 0.3) is 0 Å². The number of carbonyl (C=O) groups is 1. The number of ether oxygens (including phenoxy) is 2. The summed E-state index contributed by atoms with van der Waals surface area (Å²) in [5, 5.41) is 4.01. The molecule has 3 aromatic carbocycles. The second-order valence-electron chi connectivity index (χ2n) is 6.06. The van der Waals surface area contributed by atoms with Gasteiger partial charge in [-0.25, -0.2) is 0 Å². The van der Waals surface area contributed by atoms with Crippen LogP contribution in [0, 0.1) is 0 Å². The fourth-order valence-electron chi connectivity index (χ4n) is 2.76. The van der Waals surface area contributed by atoms with Crippen LogP contribution in [0.3, 0.4) is 0 Å². The zero-order chi connectivity index (χ0) is 18.5. The molecule has 4 rings (SSSR count). The summed E-state index contributed by atoms with van der Waals surface area (Å²) in [7, 11) is 0. The Morgan fingerprint density at radius 1 is 0.852 bits per heavy atom. The first-order valence-electron chi connectivity index (χ1n) is 8.59. The van der Waals surface area contributed by atoms with Gasteiger partial charge in [0.15, 0.2) is 6.10 Å². The van der Waals surface area contributed by atoms with Gasteiger partial charge in [0.1, 0.15) is 23.5 Å². The van der Waals surface area contributed by atoms with Crippen molar-refractivity contribution in [3.05, 3.63) is 90.0 Å². The lowest BCUT2D eigenvalue weighted by Crippen LogP contribution is -2.07. The van der Waals surface area contributed by atoms with Gasteiger partial charge in [-0.05, 0) is 42.0 Å². The molecule has 0 fully saturated rings. The van der Waals surface area contributed by atoms with Crippen LogP contribution in [-0.2, 0) is 4.84 Å². The van der Waals surface area contributed by atoms with Crippen LogP contribution < -0.4 is 9.47 Å². The van der Waals surface area contributed by atoms with Crippen molar-refractivity contribution in [1.82, 2.24) is 0 Å². The van der Waals surface area contributed by atoms with Gasteiger partial charge in [-0.2, -0.15) is 0 Å². The Kier molecular flexibility index (Phi) is 4.83. The molecular formula is C22H17NO4. The number of hydrogen-bond donors (Lipinski definition) is 0. The van der Waals surface area contributed by atoms with Crippen LogP contribution in [0.2, 0.25) is 0 Å². The Balaban J connectivity index is 1.37. The summed E-state index contributed by atoms with van der Waals surface area (Å²) < 4.78 is 11.5. The molecule has 0 saturated heterocycles. The maximum absolute atomic E-state index is 10.9. The van der Waals surface area contributed by atoms with Crippen molar-refractivity contribution < 1.29 is 19.1 Å². The number of benzene rings is 3. The molecule has 0 bridgehead atoms. The van der Waals surface area contributed by atoms with Crippen LogP contribution in [0.5, 0.6) is 17.2 Å². The molecule has 0 saturated carbocycles. The van der Waals surface area contributed by atoms with Crippen LogP contribution in [0.4, 0.5) is 0 Å². The number of nitrogens with zero attached hydrogens (tertiary/aromatic N) is 1. The molecule has 0 amide bonds. The standard InChI is InChI=1S/C22H17NO4/c24-15-16-5-4-8-20(13-16)26-22-14-21(27-23-22)17-9-11-19(12-10-17)25-18-6-2-1-3-7-18/h1-13,15,21H,14H2/t21-/m1/s1. The summed E-state index contributed by atoms with van der Waals surface area (Å²) in [5.41, 5.74) is 1.54. The highest BCUT2D eigenvalue weighted by atomic mass is 16.7. The molecule has 5 heteroatoms. The third-order valence-corrected chi connectivity index (χ3v) is 4.10. The van der Waals surface area contributed by atoms with Crippen molar-refractivity contribution >= 4 is 12.2 Å². The van der Waals surface area contributed by atoms with Gasteiger partial charge in [0, 0.05) is 5.56 Å². The molecule has 1 atom stereocenters. The largest absolute Gasteiger partial charge is 0.457 e. The van der Waals surface area contributed by atoms with Crippen molar-refractivity contribution in [2.75, 3.05) is 0 Å². The molecule has 27 heavy (non-hydrogen) atoms. The summed E-state index contributed by atoms with van der Waals surface area (Å²) in [6, 6.07) is 24.3. The van der Waals surface area contributed by atoms with Gasteiger partial charge in [-0.3, -0.25) is 4.79 Å². The third-order valence-electron chi connectivity index (χ3n) is 4.10. The molecule has 3 aromatic rings. The van der Waals surface area contributed by atoms with E-state index in [0.717, 1.165) is 23.3 Å². The highest BCUT2D eigenvalue weighted by Crippen LogP contribution is 2.30. The van der Waals surface area contributed by atoms with E-state index in [1.165, 1.54) is 0 Å². The predicted molar refractivity (Wildman–Crippen MR) is 101 cm³/mol. The molecule has 1 heterocycles. The number of rotatable bonds is 5. The average molecular weight is 359 g/mol. The molecule has 0 radical (unpaired) electrons. The van der Waals surface area contributed by atoms with Gasteiger partial charge < -0.3 is 14.3 Å². The first kappa shape index (κ1) is 16.8. The number of hydrogen-bond acceptors (Lipinski definition) is 5. The zero-order valence-corrected chi connectivity index (χ0v) is 14.4. The highest BCUT2D eigenvalue weighted by Gasteiger charge is 2.24. The van der Waals surface area contributed by atoms with E-state index in [4.69, 9.17) is 14.3 Å². The molecule has 0 spiro atoms. The average Bonchev–Trinajstić information content (AvgIpc) is 3.18. The van der Waals surface area contributed by atoms with E-state index in [2.05, 4.69) is 5.16 Å². The topological polar surface area (TPSA) is 57.1 Å². The number of para-hydroxylation sites is 1. The molecule has 1 aliphatic heterocycles. The molecule has 134 valence electrons. The smallest absolute Gasteiger partial charge is 0.235 e. The van der Waals surface area contributed by atoms with Crippen molar-refractivity contribution in [2.45, 2.75) is 12.5 Å². The Morgan fingerprint density at radius 3 is 2.37 bits per heavy atom. The molecule has 1 aliphatic rings. The fraction of sp³-hybridized carbons (Fsp3) is 0.0909. The summed E-state index contributed by atoms with van der Waals surface area (Å²) in [5.74, 6) is 2.59. The van der Waals surface area contributed by atoms with E-state index in [1.54, 1.807) is 24.3 Å². The summed E-state index contributed by atoms with van der Waals surface area (Å²) in [4.78, 5) is 16.3. The van der Waals surface area contributed by atoms with Crippen molar-refractivity contribution in [3.8, 4) is 17.2 Å². The molecule has 0 unspecified atom stereocenters. The van der Waals surface area contributed by atoms with Crippen LogP contribution in [0.1, 0.15) is 28.4 Å². The molecular weight excluding hydrogens is 342 g/mol. The minimum atomic E-state index is -0.208. The van der Waals surface area contributed by atoms with Crippen LogP contribution in [0.15, 0.2) is 84.0 Å². The monoisotopic (exact) mass is 359 g/mol. The lowest BCUT2D eigenvalue weighted by atomic mass is 10.1. The highest BCUT2D eigenvalue weighted by molar-refractivity contribution is 5.81. The normalized spacial score (nSPS) is 15.6. The van der Waals surface area contributed by atoms with E-state index < -0.39 is 0 Å². The van der Waals surface area contributed by atoms with E-state index in [-0.39, 0.29) is 6.10 Å². The van der Waals surface area contributed by atoms with Crippen molar-refractivity contribution in [1.29, 1.82) is 0 Å². The molecule has 0 aliphatic carbocycles. The quantitative estimate of drug-likeness (QED) is 0.592. The maximum atomic E-state index is 10.9. The first-order chi connectivity index (χ1) is 13.3. The van der Waals surface area contributed by atoms with Gasteiger partial charge in [0.05, 0.1) is 6.42 Å². The number of carbonyl (C=O) groups excluding carboxylic acids is 1. The van der Waals surface area contributed by atoms with Crippen molar-refractivity contribution in [3.63, 3.8) is 0 Å². The van der Waals surface area contributed by atoms with Gasteiger partial charge >= 0.3 is 0 Å². The summed E-state index contributed by atoms with van der Waals surface area (Å²) >= 11 is 0. The Morgan fingerprint density at radius 2 is 1.59 bits per heavy atom. The summed E-state index contributed by atoms with van der Waals surface area (Å²) in [6.45, 7) is 0. The van der Waals surface area contributed by atoms with Crippen LogP contribution >= 0.6 is 0 Å². The van der Waals surface area contributed by atoms with E-state index in [0.29, 0.717) is 23.6 Å². The van der Waals surface area contributed by atoms with Gasteiger partial charge in [-0.15, -0.1) is 0 Å². The Bertz CT molecular complexity index is 952. The minimum Gasteiger partial charge on any atom is -0.457 e. The summed E-state index contributed by atoms with van der Waals surface area (Å²) in [6.07, 6.45) is 1.09. The van der Waals surface area contributed by atoms with Gasteiger partial charge in [0.2, 0.25) is 5.90 Å².